The van der Waals surface area contributed by atoms with E-state index >= 15 is 0 Å². The summed E-state index contributed by atoms with van der Waals surface area (Å²) in [5.41, 5.74) is 7.75. The first-order valence-electron chi connectivity index (χ1n) is 5.90. The SMILES string of the molecule is Cc1[nH]n(-c2ccccc2Cl)c(=O)c1CCCN. The zero-order valence-corrected chi connectivity index (χ0v) is 11.0. The minimum Gasteiger partial charge on any atom is -0.330 e. The number of aromatic amines is 1. The van der Waals surface area contributed by atoms with Crippen LogP contribution in [-0.4, -0.2) is 16.3 Å². The zero-order chi connectivity index (χ0) is 13.1. The van der Waals surface area contributed by atoms with E-state index in [4.69, 9.17) is 17.3 Å². The first-order valence-corrected chi connectivity index (χ1v) is 6.28. The Kier molecular flexibility index (Phi) is 3.89. The number of halogens is 1. The van der Waals surface area contributed by atoms with Gasteiger partial charge in [0.2, 0.25) is 0 Å². The van der Waals surface area contributed by atoms with Crippen LogP contribution in [0.25, 0.3) is 5.69 Å². The van der Waals surface area contributed by atoms with E-state index in [0.29, 0.717) is 23.7 Å². The number of aryl methyl sites for hydroxylation is 1. The maximum Gasteiger partial charge on any atom is 0.274 e. The summed E-state index contributed by atoms with van der Waals surface area (Å²) in [5.74, 6) is 0. The van der Waals surface area contributed by atoms with Crippen molar-refractivity contribution in [2.45, 2.75) is 19.8 Å². The minimum atomic E-state index is -0.0472. The minimum absolute atomic E-state index is 0.0472. The second kappa shape index (κ2) is 5.42. The quantitative estimate of drug-likeness (QED) is 0.888. The van der Waals surface area contributed by atoms with Crippen molar-refractivity contribution in [3.8, 4) is 5.69 Å². The van der Waals surface area contributed by atoms with Crippen LogP contribution in [0.15, 0.2) is 29.1 Å². The molecule has 1 aromatic carbocycles. The van der Waals surface area contributed by atoms with Gasteiger partial charge in [-0.2, -0.15) is 0 Å². The van der Waals surface area contributed by atoms with Gasteiger partial charge in [0.15, 0.2) is 0 Å². The van der Waals surface area contributed by atoms with Crippen molar-refractivity contribution in [3.63, 3.8) is 0 Å². The number of aromatic nitrogens is 2. The predicted molar refractivity (Wildman–Crippen MR) is 73.5 cm³/mol. The molecule has 0 spiro atoms. The van der Waals surface area contributed by atoms with Crippen molar-refractivity contribution in [1.29, 1.82) is 0 Å². The van der Waals surface area contributed by atoms with Gasteiger partial charge in [0, 0.05) is 11.3 Å². The Morgan fingerprint density at radius 2 is 2.11 bits per heavy atom. The van der Waals surface area contributed by atoms with Crippen molar-refractivity contribution < 1.29 is 0 Å². The largest absolute Gasteiger partial charge is 0.330 e. The number of nitrogens with zero attached hydrogens (tertiary/aromatic N) is 1. The normalized spacial score (nSPS) is 10.8. The van der Waals surface area contributed by atoms with Gasteiger partial charge in [-0.15, -0.1) is 0 Å². The molecular formula is C13H16ClN3O. The van der Waals surface area contributed by atoms with E-state index in [1.54, 1.807) is 6.07 Å². The van der Waals surface area contributed by atoms with E-state index in [2.05, 4.69) is 5.10 Å². The van der Waals surface area contributed by atoms with Crippen LogP contribution in [0.5, 0.6) is 0 Å². The van der Waals surface area contributed by atoms with E-state index in [1.165, 1.54) is 4.68 Å². The number of nitrogens with two attached hydrogens (primary N) is 1. The molecule has 1 aromatic heterocycles. The van der Waals surface area contributed by atoms with Gasteiger partial charge in [-0.25, -0.2) is 4.68 Å². The molecule has 96 valence electrons. The zero-order valence-electron chi connectivity index (χ0n) is 10.2. The Balaban J connectivity index is 2.48. The third-order valence-corrected chi connectivity index (χ3v) is 3.24. The molecule has 0 amide bonds. The number of rotatable bonds is 4. The first kappa shape index (κ1) is 12.9. The number of hydrogen-bond donors (Lipinski definition) is 2. The highest BCUT2D eigenvalue weighted by atomic mass is 35.5. The van der Waals surface area contributed by atoms with Crippen molar-refractivity contribution in [3.05, 3.63) is 50.9 Å². The van der Waals surface area contributed by atoms with Crippen molar-refractivity contribution in [2.24, 2.45) is 5.73 Å². The fourth-order valence-corrected chi connectivity index (χ4v) is 2.18. The molecule has 4 nitrogen and oxygen atoms in total. The van der Waals surface area contributed by atoms with E-state index in [0.717, 1.165) is 17.7 Å². The number of hydrogen-bond acceptors (Lipinski definition) is 2. The topological polar surface area (TPSA) is 63.8 Å². The van der Waals surface area contributed by atoms with Crippen LogP contribution in [0.1, 0.15) is 17.7 Å². The van der Waals surface area contributed by atoms with Gasteiger partial charge in [0.25, 0.3) is 5.56 Å². The Hall–Kier alpha value is -1.52. The molecule has 0 aliphatic rings. The molecule has 0 bridgehead atoms. The third kappa shape index (κ3) is 2.35. The maximum absolute atomic E-state index is 12.3. The summed E-state index contributed by atoms with van der Waals surface area (Å²) in [6, 6.07) is 7.26. The molecule has 0 radical (unpaired) electrons. The van der Waals surface area contributed by atoms with Crippen LogP contribution in [0.2, 0.25) is 5.02 Å². The average Bonchev–Trinajstić information content (AvgIpc) is 2.63. The second-order valence-electron chi connectivity index (χ2n) is 4.20. The van der Waals surface area contributed by atoms with Gasteiger partial charge in [-0.05, 0) is 38.4 Å². The fourth-order valence-electron chi connectivity index (χ4n) is 1.96. The summed E-state index contributed by atoms with van der Waals surface area (Å²) < 4.78 is 1.49. The number of H-pyrrole nitrogens is 1. The summed E-state index contributed by atoms with van der Waals surface area (Å²) in [4.78, 5) is 12.3. The third-order valence-electron chi connectivity index (χ3n) is 2.92. The summed E-state index contributed by atoms with van der Waals surface area (Å²) in [7, 11) is 0. The van der Waals surface area contributed by atoms with E-state index in [-0.39, 0.29) is 5.56 Å². The molecule has 0 saturated heterocycles. The molecule has 3 N–H and O–H groups in total. The molecule has 0 aliphatic carbocycles. The number of para-hydroxylation sites is 1. The Morgan fingerprint density at radius 1 is 1.39 bits per heavy atom. The molecule has 0 unspecified atom stereocenters. The molecule has 0 fully saturated rings. The van der Waals surface area contributed by atoms with Crippen molar-refractivity contribution in [1.82, 2.24) is 9.78 Å². The molecular weight excluding hydrogens is 250 g/mol. The molecule has 5 heteroatoms. The Labute approximate surface area is 110 Å². The monoisotopic (exact) mass is 265 g/mol. The number of benzene rings is 1. The Bertz CT molecular complexity index is 601. The lowest BCUT2D eigenvalue weighted by molar-refractivity contribution is 0.816. The first-order chi connectivity index (χ1) is 8.65. The van der Waals surface area contributed by atoms with Crippen LogP contribution < -0.4 is 11.3 Å². The summed E-state index contributed by atoms with van der Waals surface area (Å²) in [6.45, 7) is 2.47. The fraction of sp³-hybridized carbons (Fsp3) is 0.308. The van der Waals surface area contributed by atoms with Crippen LogP contribution in [-0.2, 0) is 6.42 Å². The summed E-state index contributed by atoms with van der Waals surface area (Å²) in [6.07, 6.45) is 1.49. The molecule has 0 saturated carbocycles. The van der Waals surface area contributed by atoms with Crippen molar-refractivity contribution >= 4 is 11.6 Å². The summed E-state index contributed by atoms with van der Waals surface area (Å²) in [5, 5.41) is 3.61. The highest BCUT2D eigenvalue weighted by molar-refractivity contribution is 6.32. The molecule has 0 atom stereocenters. The van der Waals surface area contributed by atoms with Gasteiger partial charge in [-0.1, -0.05) is 23.7 Å². The average molecular weight is 266 g/mol. The molecule has 1 heterocycles. The van der Waals surface area contributed by atoms with Gasteiger partial charge in [0.1, 0.15) is 0 Å². The highest BCUT2D eigenvalue weighted by Crippen LogP contribution is 2.18. The lowest BCUT2D eigenvalue weighted by Crippen LogP contribution is -2.18. The molecule has 0 aliphatic heterocycles. The lowest BCUT2D eigenvalue weighted by Gasteiger charge is -2.03. The maximum atomic E-state index is 12.3. The van der Waals surface area contributed by atoms with Crippen LogP contribution >= 0.6 is 11.6 Å². The van der Waals surface area contributed by atoms with E-state index in [1.807, 2.05) is 25.1 Å². The van der Waals surface area contributed by atoms with Gasteiger partial charge >= 0.3 is 0 Å². The molecule has 18 heavy (non-hydrogen) atoms. The lowest BCUT2D eigenvalue weighted by atomic mass is 10.1. The Morgan fingerprint density at radius 3 is 2.78 bits per heavy atom. The van der Waals surface area contributed by atoms with E-state index < -0.39 is 0 Å². The van der Waals surface area contributed by atoms with Crippen LogP contribution in [0.4, 0.5) is 0 Å². The molecule has 2 aromatic rings. The van der Waals surface area contributed by atoms with Crippen molar-refractivity contribution in [2.75, 3.05) is 6.54 Å². The van der Waals surface area contributed by atoms with Crippen LogP contribution in [0.3, 0.4) is 0 Å². The predicted octanol–water partition coefficient (Wildman–Crippen LogP) is 2.02. The van der Waals surface area contributed by atoms with Crippen LogP contribution in [0, 0.1) is 6.92 Å². The highest BCUT2D eigenvalue weighted by Gasteiger charge is 2.13. The van der Waals surface area contributed by atoms with Gasteiger partial charge in [-0.3, -0.25) is 9.89 Å². The summed E-state index contributed by atoms with van der Waals surface area (Å²) >= 11 is 6.10. The standard InChI is InChI=1S/C13H16ClN3O/c1-9-10(5-4-8-15)13(18)17(16-9)12-7-3-2-6-11(12)14/h2-3,6-7,16H,4-5,8,15H2,1H3. The van der Waals surface area contributed by atoms with Gasteiger partial charge < -0.3 is 5.73 Å². The van der Waals surface area contributed by atoms with E-state index in [9.17, 15) is 4.79 Å². The second-order valence-corrected chi connectivity index (χ2v) is 4.61. The van der Waals surface area contributed by atoms with Gasteiger partial charge in [0.05, 0.1) is 10.7 Å². The number of nitrogens with one attached hydrogen (secondary N) is 1. The smallest absolute Gasteiger partial charge is 0.274 e. The molecule has 2 rings (SSSR count).